The fourth-order valence-corrected chi connectivity index (χ4v) is 3.22. The standard InChI is InChI=1S/C17H19ClN6/c1-8-4-9(2)14(12(18)5-8)21-6-11-7-22-16-13(10(11)3)15(19)23-17(20)24-16/h4-5,7,21H,6H2,1-3H3,(H4,19,20,22,23,24). The number of nitrogens with two attached hydrogens (primary N) is 2. The van der Waals surface area contributed by atoms with Crippen LogP contribution in [0.1, 0.15) is 22.3 Å². The second-order valence-corrected chi connectivity index (χ2v) is 6.27. The Bertz CT molecular complexity index is 915. The Kier molecular flexibility index (Phi) is 4.15. The van der Waals surface area contributed by atoms with Crippen LogP contribution < -0.4 is 16.8 Å². The maximum absolute atomic E-state index is 6.35. The summed E-state index contributed by atoms with van der Waals surface area (Å²) in [5.41, 5.74) is 17.2. The lowest BCUT2D eigenvalue weighted by Crippen LogP contribution is -2.07. The molecule has 3 aromatic rings. The van der Waals surface area contributed by atoms with Crippen molar-refractivity contribution in [1.29, 1.82) is 0 Å². The third-order valence-electron chi connectivity index (χ3n) is 4.02. The van der Waals surface area contributed by atoms with Gasteiger partial charge in [-0.25, -0.2) is 4.98 Å². The lowest BCUT2D eigenvalue weighted by Gasteiger charge is -2.15. The normalized spacial score (nSPS) is 11.0. The molecule has 0 unspecified atom stereocenters. The number of pyridine rings is 1. The van der Waals surface area contributed by atoms with Gasteiger partial charge in [0.2, 0.25) is 5.95 Å². The molecule has 0 aliphatic rings. The lowest BCUT2D eigenvalue weighted by molar-refractivity contribution is 1.08. The summed E-state index contributed by atoms with van der Waals surface area (Å²) in [6.07, 6.45) is 1.77. The Morgan fingerprint density at radius 2 is 1.88 bits per heavy atom. The first-order valence-electron chi connectivity index (χ1n) is 7.54. The molecular formula is C17H19ClN6. The second-order valence-electron chi connectivity index (χ2n) is 5.87. The Morgan fingerprint density at radius 3 is 2.58 bits per heavy atom. The minimum absolute atomic E-state index is 0.125. The lowest BCUT2D eigenvalue weighted by atomic mass is 10.1. The van der Waals surface area contributed by atoms with E-state index in [1.807, 2.05) is 26.8 Å². The van der Waals surface area contributed by atoms with Crippen LogP contribution in [-0.4, -0.2) is 15.0 Å². The second kappa shape index (κ2) is 6.13. The highest BCUT2D eigenvalue weighted by Crippen LogP contribution is 2.29. The molecule has 7 heteroatoms. The molecular weight excluding hydrogens is 324 g/mol. The molecule has 0 atom stereocenters. The summed E-state index contributed by atoms with van der Waals surface area (Å²) in [4.78, 5) is 12.5. The molecule has 1 aromatic carbocycles. The molecule has 24 heavy (non-hydrogen) atoms. The van der Waals surface area contributed by atoms with Gasteiger partial charge in [0, 0.05) is 12.7 Å². The summed E-state index contributed by atoms with van der Waals surface area (Å²) in [6, 6.07) is 4.03. The molecule has 0 bridgehead atoms. The van der Waals surface area contributed by atoms with Crippen molar-refractivity contribution in [3.8, 4) is 0 Å². The fourth-order valence-electron chi connectivity index (χ4n) is 2.83. The highest BCUT2D eigenvalue weighted by Gasteiger charge is 2.12. The number of aryl methyl sites for hydroxylation is 3. The summed E-state index contributed by atoms with van der Waals surface area (Å²) < 4.78 is 0. The van der Waals surface area contributed by atoms with Crippen molar-refractivity contribution < 1.29 is 0 Å². The van der Waals surface area contributed by atoms with Crippen molar-refractivity contribution in [1.82, 2.24) is 15.0 Å². The number of anilines is 3. The van der Waals surface area contributed by atoms with E-state index in [1.54, 1.807) is 6.20 Å². The van der Waals surface area contributed by atoms with Crippen LogP contribution in [0, 0.1) is 20.8 Å². The summed E-state index contributed by atoms with van der Waals surface area (Å²) in [7, 11) is 0. The largest absolute Gasteiger partial charge is 0.383 e. The number of nitrogen functional groups attached to an aromatic ring is 2. The van der Waals surface area contributed by atoms with Crippen LogP contribution in [0.4, 0.5) is 17.5 Å². The van der Waals surface area contributed by atoms with Crippen molar-refractivity contribution >= 4 is 40.1 Å². The number of rotatable bonds is 3. The maximum Gasteiger partial charge on any atom is 0.224 e. The van der Waals surface area contributed by atoms with E-state index in [0.717, 1.165) is 33.3 Å². The first-order valence-corrected chi connectivity index (χ1v) is 7.92. The number of halogens is 1. The molecule has 0 saturated carbocycles. The highest BCUT2D eigenvalue weighted by molar-refractivity contribution is 6.33. The van der Waals surface area contributed by atoms with Gasteiger partial charge in [-0.1, -0.05) is 17.7 Å². The minimum Gasteiger partial charge on any atom is -0.383 e. The van der Waals surface area contributed by atoms with Gasteiger partial charge >= 0.3 is 0 Å². The van der Waals surface area contributed by atoms with Gasteiger partial charge in [-0.15, -0.1) is 0 Å². The highest BCUT2D eigenvalue weighted by atomic mass is 35.5. The summed E-state index contributed by atoms with van der Waals surface area (Å²) in [5.74, 6) is 0.466. The van der Waals surface area contributed by atoms with E-state index >= 15 is 0 Å². The quantitative estimate of drug-likeness (QED) is 0.674. The Labute approximate surface area is 145 Å². The van der Waals surface area contributed by atoms with Crippen LogP contribution in [0.2, 0.25) is 5.02 Å². The molecule has 2 heterocycles. The van der Waals surface area contributed by atoms with Crippen LogP contribution in [0.5, 0.6) is 0 Å². The number of nitrogens with zero attached hydrogens (tertiary/aromatic N) is 3. The van der Waals surface area contributed by atoms with Crippen molar-refractivity contribution in [3.05, 3.63) is 45.6 Å². The molecule has 6 nitrogen and oxygen atoms in total. The van der Waals surface area contributed by atoms with Gasteiger partial charge in [-0.3, -0.25) is 0 Å². The van der Waals surface area contributed by atoms with Crippen LogP contribution >= 0.6 is 11.6 Å². The van der Waals surface area contributed by atoms with Crippen molar-refractivity contribution in [2.45, 2.75) is 27.3 Å². The van der Waals surface area contributed by atoms with E-state index in [4.69, 9.17) is 23.1 Å². The van der Waals surface area contributed by atoms with E-state index in [9.17, 15) is 0 Å². The molecule has 2 aromatic heterocycles. The van der Waals surface area contributed by atoms with Crippen LogP contribution in [0.25, 0.3) is 11.0 Å². The van der Waals surface area contributed by atoms with Gasteiger partial charge in [0.1, 0.15) is 5.82 Å². The first-order chi connectivity index (χ1) is 11.4. The fraction of sp³-hybridized carbons (Fsp3) is 0.235. The van der Waals surface area contributed by atoms with Crippen LogP contribution in [-0.2, 0) is 6.54 Å². The first kappa shape index (κ1) is 16.3. The summed E-state index contributed by atoms with van der Waals surface area (Å²) in [5, 5.41) is 4.82. The van der Waals surface area contributed by atoms with Gasteiger partial charge in [0.15, 0.2) is 5.65 Å². The molecule has 0 radical (unpaired) electrons. The molecule has 0 amide bonds. The molecule has 0 aliphatic carbocycles. The van der Waals surface area contributed by atoms with E-state index in [2.05, 4.69) is 26.3 Å². The Balaban J connectivity index is 1.96. The molecule has 124 valence electrons. The van der Waals surface area contributed by atoms with Gasteiger partial charge in [-0.2, -0.15) is 9.97 Å². The van der Waals surface area contributed by atoms with Gasteiger partial charge in [-0.05, 0) is 49.1 Å². The Hall–Kier alpha value is -2.60. The SMILES string of the molecule is Cc1cc(C)c(NCc2cnc3nc(N)nc(N)c3c2C)c(Cl)c1. The summed E-state index contributed by atoms with van der Waals surface area (Å²) in [6.45, 7) is 6.60. The van der Waals surface area contributed by atoms with Gasteiger partial charge in [0.25, 0.3) is 0 Å². The van der Waals surface area contributed by atoms with E-state index < -0.39 is 0 Å². The van der Waals surface area contributed by atoms with E-state index in [1.165, 1.54) is 0 Å². The molecule has 0 fully saturated rings. The predicted octanol–water partition coefficient (Wildman–Crippen LogP) is 3.38. The summed E-state index contributed by atoms with van der Waals surface area (Å²) >= 11 is 6.35. The number of fused-ring (bicyclic) bond motifs is 1. The monoisotopic (exact) mass is 342 g/mol. The third kappa shape index (κ3) is 2.92. The van der Waals surface area contributed by atoms with Crippen LogP contribution in [0.15, 0.2) is 18.3 Å². The predicted molar refractivity (Wildman–Crippen MR) is 99.1 cm³/mol. The molecule has 3 rings (SSSR count). The van der Waals surface area contributed by atoms with Crippen molar-refractivity contribution in [2.24, 2.45) is 0 Å². The molecule has 0 spiro atoms. The average molecular weight is 343 g/mol. The van der Waals surface area contributed by atoms with Crippen LogP contribution in [0.3, 0.4) is 0 Å². The zero-order valence-electron chi connectivity index (χ0n) is 13.8. The maximum atomic E-state index is 6.35. The average Bonchev–Trinajstić information content (AvgIpc) is 2.47. The molecule has 0 aliphatic heterocycles. The molecule has 5 N–H and O–H groups in total. The molecule has 0 saturated heterocycles. The van der Waals surface area contributed by atoms with E-state index in [-0.39, 0.29) is 5.95 Å². The zero-order valence-corrected chi connectivity index (χ0v) is 14.6. The topological polar surface area (TPSA) is 103 Å². The third-order valence-corrected chi connectivity index (χ3v) is 4.32. The van der Waals surface area contributed by atoms with E-state index in [0.29, 0.717) is 23.0 Å². The number of benzene rings is 1. The number of aromatic nitrogens is 3. The number of nitrogens with one attached hydrogen (secondary N) is 1. The minimum atomic E-state index is 0.125. The van der Waals surface area contributed by atoms with Crippen molar-refractivity contribution in [2.75, 3.05) is 16.8 Å². The van der Waals surface area contributed by atoms with Gasteiger partial charge < -0.3 is 16.8 Å². The smallest absolute Gasteiger partial charge is 0.224 e. The van der Waals surface area contributed by atoms with Crippen molar-refractivity contribution in [3.63, 3.8) is 0 Å². The number of hydrogen-bond donors (Lipinski definition) is 3. The Morgan fingerprint density at radius 1 is 1.12 bits per heavy atom. The zero-order chi connectivity index (χ0) is 17.4. The van der Waals surface area contributed by atoms with Gasteiger partial charge in [0.05, 0.1) is 16.1 Å². The number of hydrogen-bond acceptors (Lipinski definition) is 6.